The summed E-state index contributed by atoms with van der Waals surface area (Å²) >= 11 is 0. The summed E-state index contributed by atoms with van der Waals surface area (Å²) in [6.07, 6.45) is 3.46. The minimum atomic E-state index is 0.0463. The highest BCUT2D eigenvalue weighted by Crippen LogP contribution is 1.89. The molecule has 0 amide bonds. The van der Waals surface area contributed by atoms with Crippen molar-refractivity contribution in [3.05, 3.63) is 12.3 Å². The van der Waals surface area contributed by atoms with Gasteiger partial charge in [0, 0.05) is 13.1 Å². The van der Waals surface area contributed by atoms with Gasteiger partial charge < -0.3 is 15.7 Å². The molecule has 0 rings (SSSR count). The van der Waals surface area contributed by atoms with Gasteiger partial charge >= 0.3 is 0 Å². The second kappa shape index (κ2) is 5.58. The van der Waals surface area contributed by atoms with Crippen LogP contribution in [0.4, 0.5) is 0 Å². The third-order valence-corrected chi connectivity index (χ3v) is 1.27. The molecule has 0 aromatic rings. The molecule has 4 heteroatoms. The molecule has 0 aliphatic rings. The van der Waals surface area contributed by atoms with Crippen LogP contribution in [0.1, 0.15) is 13.3 Å². The van der Waals surface area contributed by atoms with Gasteiger partial charge in [0.05, 0.1) is 6.26 Å². The lowest BCUT2D eigenvalue weighted by atomic mass is 10.4. The number of rotatable bonds is 4. The van der Waals surface area contributed by atoms with Crippen molar-refractivity contribution in [1.82, 2.24) is 4.90 Å². The molecule has 0 saturated carbocycles. The second-order valence-electron chi connectivity index (χ2n) is 2.22. The maximum absolute atomic E-state index is 8.35. The Labute approximate surface area is 66.8 Å². The predicted octanol–water partition coefficient (Wildman–Crippen LogP) is 0.664. The average molecular weight is 157 g/mol. The van der Waals surface area contributed by atoms with E-state index in [-0.39, 0.29) is 5.96 Å². The van der Waals surface area contributed by atoms with Gasteiger partial charge in [0.15, 0.2) is 5.96 Å². The van der Waals surface area contributed by atoms with E-state index >= 15 is 0 Å². The maximum Gasteiger partial charge on any atom is 0.188 e. The highest BCUT2D eigenvalue weighted by Gasteiger charge is 2.00. The molecule has 0 atom stereocenters. The first kappa shape index (κ1) is 9.81. The van der Waals surface area contributed by atoms with Crippen LogP contribution in [0, 0.1) is 5.41 Å². The molecule has 0 aromatic heterocycles. The zero-order valence-electron chi connectivity index (χ0n) is 6.75. The zero-order valence-corrected chi connectivity index (χ0v) is 6.75. The van der Waals surface area contributed by atoms with Crippen molar-refractivity contribution in [2.75, 3.05) is 13.1 Å². The van der Waals surface area contributed by atoms with Crippen molar-refractivity contribution in [2.24, 2.45) is 5.73 Å². The van der Waals surface area contributed by atoms with Crippen LogP contribution in [-0.2, 0) is 0 Å². The Hall–Kier alpha value is -1.19. The van der Waals surface area contributed by atoms with Gasteiger partial charge in [0.2, 0.25) is 0 Å². The number of aliphatic hydroxyl groups excluding tert-OH is 1. The molecule has 0 saturated heterocycles. The number of guanidine groups is 1. The third kappa shape index (κ3) is 4.25. The largest absolute Gasteiger partial charge is 0.516 e. The maximum atomic E-state index is 8.35. The van der Waals surface area contributed by atoms with Gasteiger partial charge in [-0.05, 0) is 12.5 Å². The average Bonchev–Trinajstić information content (AvgIpc) is 1.97. The van der Waals surface area contributed by atoms with Crippen molar-refractivity contribution in [3.8, 4) is 0 Å². The number of aliphatic hydroxyl groups is 1. The van der Waals surface area contributed by atoms with Crippen LogP contribution in [-0.4, -0.2) is 29.1 Å². The van der Waals surface area contributed by atoms with E-state index in [0.29, 0.717) is 6.54 Å². The first-order valence-corrected chi connectivity index (χ1v) is 3.60. The second-order valence-corrected chi connectivity index (χ2v) is 2.22. The summed E-state index contributed by atoms with van der Waals surface area (Å²) in [5.74, 6) is 0.0463. The van der Waals surface area contributed by atoms with Crippen LogP contribution in [0.5, 0.6) is 0 Å². The van der Waals surface area contributed by atoms with Crippen LogP contribution in [0.2, 0.25) is 0 Å². The number of hydrogen-bond donors (Lipinski definition) is 3. The minimum Gasteiger partial charge on any atom is -0.516 e. The van der Waals surface area contributed by atoms with E-state index in [1.54, 1.807) is 11.0 Å². The first-order chi connectivity index (χ1) is 5.22. The van der Waals surface area contributed by atoms with Gasteiger partial charge in [-0.25, -0.2) is 0 Å². The van der Waals surface area contributed by atoms with Crippen LogP contribution >= 0.6 is 0 Å². The molecule has 0 unspecified atom stereocenters. The normalized spacial score (nSPS) is 10.3. The molecule has 0 aliphatic carbocycles. The molecular weight excluding hydrogens is 142 g/mol. The van der Waals surface area contributed by atoms with Gasteiger partial charge in [-0.15, -0.1) is 0 Å². The molecule has 0 aliphatic heterocycles. The molecular formula is C7H15N3O. The zero-order chi connectivity index (χ0) is 8.69. The summed E-state index contributed by atoms with van der Waals surface area (Å²) in [6, 6.07) is 0. The molecule has 0 aromatic carbocycles. The fourth-order valence-electron chi connectivity index (χ4n) is 0.754. The molecule has 0 bridgehead atoms. The molecule has 64 valence electrons. The summed E-state index contributed by atoms with van der Waals surface area (Å²) in [5.41, 5.74) is 5.26. The van der Waals surface area contributed by atoms with Crippen molar-refractivity contribution in [2.45, 2.75) is 13.3 Å². The molecule has 4 nitrogen and oxygen atoms in total. The Bertz CT molecular complexity index is 145. The minimum absolute atomic E-state index is 0.0463. The first-order valence-electron chi connectivity index (χ1n) is 3.60. The third-order valence-electron chi connectivity index (χ3n) is 1.27. The Kier molecular flexibility index (Phi) is 4.98. The summed E-state index contributed by atoms with van der Waals surface area (Å²) in [7, 11) is 0. The molecule has 4 N–H and O–H groups in total. The molecule has 0 fully saturated rings. The van der Waals surface area contributed by atoms with E-state index in [0.717, 1.165) is 19.2 Å². The van der Waals surface area contributed by atoms with Gasteiger partial charge in [0.25, 0.3) is 0 Å². The van der Waals surface area contributed by atoms with E-state index < -0.39 is 0 Å². The van der Waals surface area contributed by atoms with E-state index in [4.69, 9.17) is 16.2 Å². The van der Waals surface area contributed by atoms with E-state index in [2.05, 4.69) is 0 Å². The number of nitrogens with one attached hydrogen (secondary N) is 1. The fraction of sp³-hybridized carbons (Fsp3) is 0.571. The number of nitrogens with two attached hydrogens (primary N) is 1. The fourth-order valence-corrected chi connectivity index (χ4v) is 0.754. The highest BCUT2D eigenvalue weighted by atomic mass is 16.2. The molecule has 0 heterocycles. The number of hydrogen-bond acceptors (Lipinski definition) is 2. The van der Waals surface area contributed by atoms with Gasteiger partial charge in [-0.3, -0.25) is 5.41 Å². The molecule has 0 spiro atoms. The lowest BCUT2D eigenvalue weighted by Crippen LogP contribution is -2.37. The Balaban J connectivity index is 3.79. The van der Waals surface area contributed by atoms with Crippen molar-refractivity contribution in [3.63, 3.8) is 0 Å². The summed E-state index contributed by atoms with van der Waals surface area (Å²) < 4.78 is 0. The van der Waals surface area contributed by atoms with Gasteiger partial charge in [-0.2, -0.15) is 0 Å². The van der Waals surface area contributed by atoms with Crippen molar-refractivity contribution in [1.29, 1.82) is 5.41 Å². The smallest absolute Gasteiger partial charge is 0.188 e. The van der Waals surface area contributed by atoms with E-state index in [1.165, 1.54) is 0 Å². The summed E-state index contributed by atoms with van der Waals surface area (Å²) in [5, 5.41) is 15.5. The Morgan fingerprint density at radius 1 is 1.73 bits per heavy atom. The van der Waals surface area contributed by atoms with Crippen molar-refractivity contribution < 1.29 is 5.11 Å². The SMILES string of the molecule is CCCN(CC=CO)C(=N)N. The van der Waals surface area contributed by atoms with Crippen LogP contribution in [0.15, 0.2) is 12.3 Å². The van der Waals surface area contributed by atoms with E-state index in [1.807, 2.05) is 6.92 Å². The Morgan fingerprint density at radius 2 is 2.36 bits per heavy atom. The predicted molar refractivity (Wildman–Crippen MR) is 45.5 cm³/mol. The summed E-state index contributed by atoms with van der Waals surface area (Å²) in [6.45, 7) is 3.26. The lowest BCUT2D eigenvalue weighted by molar-refractivity contribution is 0.434. The monoisotopic (exact) mass is 157 g/mol. The van der Waals surface area contributed by atoms with Gasteiger partial charge in [0.1, 0.15) is 0 Å². The topological polar surface area (TPSA) is 73.3 Å². The van der Waals surface area contributed by atoms with Crippen LogP contribution in [0.3, 0.4) is 0 Å². The molecule has 0 radical (unpaired) electrons. The number of nitrogens with zero attached hydrogens (tertiary/aromatic N) is 1. The quantitative estimate of drug-likeness (QED) is 0.319. The lowest BCUT2D eigenvalue weighted by Gasteiger charge is -2.19. The summed E-state index contributed by atoms with van der Waals surface area (Å²) in [4.78, 5) is 1.67. The van der Waals surface area contributed by atoms with Crippen LogP contribution in [0.25, 0.3) is 0 Å². The molecule has 11 heavy (non-hydrogen) atoms. The van der Waals surface area contributed by atoms with Crippen molar-refractivity contribution >= 4 is 5.96 Å². The highest BCUT2D eigenvalue weighted by molar-refractivity contribution is 5.74. The van der Waals surface area contributed by atoms with E-state index in [9.17, 15) is 0 Å². The van der Waals surface area contributed by atoms with Gasteiger partial charge in [-0.1, -0.05) is 6.92 Å². The Morgan fingerprint density at radius 3 is 2.73 bits per heavy atom. The van der Waals surface area contributed by atoms with Crippen LogP contribution < -0.4 is 5.73 Å². The standard InChI is InChI=1S/C7H15N3O/c1-2-4-10(7(8)9)5-3-6-11/h3,6,11H,2,4-5H2,1H3,(H3,8,9).